The van der Waals surface area contributed by atoms with Gasteiger partial charge in [0.15, 0.2) is 15.6 Å². The molecule has 2 aromatic heterocycles. The number of fused-ring (bicyclic) bond motifs is 1. The van der Waals surface area contributed by atoms with E-state index in [1.165, 1.54) is 0 Å². The van der Waals surface area contributed by atoms with E-state index in [1.807, 2.05) is 51.1 Å². The van der Waals surface area contributed by atoms with Crippen molar-refractivity contribution < 1.29 is 22.0 Å². The second-order valence-corrected chi connectivity index (χ2v) is 9.79. The number of carbonyl (C=O) groups is 1. The van der Waals surface area contributed by atoms with Crippen LogP contribution >= 0.6 is 0 Å². The van der Waals surface area contributed by atoms with Crippen LogP contribution in [0.25, 0.3) is 11.0 Å². The molecule has 1 aromatic carbocycles. The predicted molar refractivity (Wildman–Crippen MR) is 106 cm³/mol. The van der Waals surface area contributed by atoms with Crippen molar-refractivity contribution in [3.05, 3.63) is 58.7 Å². The van der Waals surface area contributed by atoms with Crippen molar-refractivity contribution in [2.24, 2.45) is 0 Å². The lowest BCUT2D eigenvalue weighted by atomic mass is 10.1. The smallest absolute Gasteiger partial charge is 0.290 e. The maximum Gasteiger partial charge on any atom is 0.290 e. The Morgan fingerprint density at radius 1 is 1.14 bits per heavy atom. The molecule has 0 N–H and O–H groups in total. The van der Waals surface area contributed by atoms with Gasteiger partial charge in [-0.05, 0) is 51.5 Å². The van der Waals surface area contributed by atoms with Gasteiger partial charge in [0.25, 0.3) is 5.91 Å². The van der Waals surface area contributed by atoms with E-state index in [1.54, 1.807) is 4.90 Å². The van der Waals surface area contributed by atoms with E-state index >= 15 is 0 Å². The molecule has 1 unspecified atom stereocenters. The van der Waals surface area contributed by atoms with Crippen molar-refractivity contribution in [3.8, 4) is 0 Å². The second kappa shape index (κ2) is 6.81. The molecule has 1 amide bonds. The standard InChI is InChI=1S/C21H23NO5S/c1-13-4-7-19-18(10-13)15(3)20(27-19)21(23)22(11-17-6-5-14(2)26-17)16-8-9-28(24,25)12-16/h4-7,10,16H,8-9,11-12H2,1-3H3. The zero-order chi connectivity index (χ0) is 20.1. The van der Waals surface area contributed by atoms with Crippen LogP contribution in [0.3, 0.4) is 0 Å². The first kappa shape index (κ1) is 18.8. The average Bonchev–Trinajstić information content (AvgIpc) is 3.30. The van der Waals surface area contributed by atoms with Gasteiger partial charge in [-0.2, -0.15) is 0 Å². The van der Waals surface area contributed by atoms with Crippen molar-refractivity contribution in [1.29, 1.82) is 0 Å². The highest BCUT2D eigenvalue weighted by molar-refractivity contribution is 7.91. The molecule has 0 saturated carbocycles. The van der Waals surface area contributed by atoms with Crippen LogP contribution in [0, 0.1) is 20.8 Å². The number of hydrogen-bond acceptors (Lipinski definition) is 5. The summed E-state index contributed by atoms with van der Waals surface area (Å²) in [5, 5.41) is 0.899. The molecule has 3 heterocycles. The largest absolute Gasteiger partial charge is 0.464 e. The fourth-order valence-electron chi connectivity index (χ4n) is 3.80. The van der Waals surface area contributed by atoms with Gasteiger partial charge in [0.05, 0.1) is 18.1 Å². The van der Waals surface area contributed by atoms with Crippen LogP contribution in [0.15, 0.2) is 39.2 Å². The third-order valence-corrected chi connectivity index (χ3v) is 7.07. The summed E-state index contributed by atoms with van der Waals surface area (Å²) in [6, 6.07) is 9.04. The van der Waals surface area contributed by atoms with Crippen LogP contribution in [-0.4, -0.2) is 36.8 Å². The summed E-state index contributed by atoms with van der Waals surface area (Å²) in [6.07, 6.45) is 0.423. The molecular weight excluding hydrogens is 378 g/mol. The Morgan fingerprint density at radius 2 is 1.93 bits per heavy atom. The van der Waals surface area contributed by atoms with Crippen LogP contribution in [0.2, 0.25) is 0 Å². The van der Waals surface area contributed by atoms with Gasteiger partial charge in [-0.25, -0.2) is 8.42 Å². The maximum absolute atomic E-state index is 13.4. The van der Waals surface area contributed by atoms with Crippen molar-refractivity contribution >= 4 is 26.7 Å². The first-order valence-corrected chi connectivity index (χ1v) is 11.1. The second-order valence-electron chi connectivity index (χ2n) is 7.56. The molecule has 0 spiro atoms. The molecule has 1 aliphatic rings. The van der Waals surface area contributed by atoms with Gasteiger partial charge in [-0.3, -0.25) is 4.79 Å². The molecule has 1 saturated heterocycles. The minimum atomic E-state index is -3.14. The van der Waals surface area contributed by atoms with Crippen molar-refractivity contribution in [1.82, 2.24) is 4.90 Å². The van der Waals surface area contributed by atoms with E-state index in [4.69, 9.17) is 8.83 Å². The summed E-state index contributed by atoms with van der Waals surface area (Å²) in [7, 11) is -3.14. The molecule has 0 aliphatic carbocycles. The van der Waals surface area contributed by atoms with Gasteiger partial charge >= 0.3 is 0 Å². The first-order chi connectivity index (χ1) is 13.2. The Bertz CT molecular complexity index is 1150. The lowest BCUT2D eigenvalue weighted by Crippen LogP contribution is -2.40. The Labute approximate surface area is 164 Å². The minimum Gasteiger partial charge on any atom is -0.464 e. The van der Waals surface area contributed by atoms with Crippen LogP contribution in [0.1, 0.15) is 39.6 Å². The number of nitrogens with zero attached hydrogens (tertiary/aromatic N) is 1. The van der Waals surface area contributed by atoms with Crippen molar-refractivity contribution in [3.63, 3.8) is 0 Å². The molecule has 1 aliphatic heterocycles. The number of hydrogen-bond donors (Lipinski definition) is 0. The quantitative estimate of drug-likeness (QED) is 0.665. The summed E-state index contributed by atoms with van der Waals surface area (Å²) >= 11 is 0. The number of amides is 1. The summed E-state index contributed by atoms with van der Waals surface area (Å²) in [6.45, 7) is 5.89. The fraction of sp³-hybridized carbons (Fsp3) is 0.381. The predicted octanol–water partition coefficient (Wildman–Crippen LogP) is 3.78. The molecule has 28 heavy (non-hydrogen) atoms. The molecule has 3 aromatic rings. The van der Waals surface area contributed by atoms with Crippen LogP contribution in [0.5, 0.6) is 0 Å². The van der Waals surface area contributed by atoms with E-state index in [2.05, 4.69) is 0 Å². The van der Waals surface area contributed by atoms with E-state index in [9.17, 15) is 13.2 Å². The highest BCUT2D eigenvalue weighted by atomic mass is 32.2. The monoisotopic (exact) mass is 401 g/mol. The van der Waals surface area contributed by atoms with Crippen molar-refractivity contribution in [2.45, 2.75) is 39.8 Å². The fourth-order valence-corrected chi connectivity index (χ4v) is 5.53. The molecule has 0 radical (unpaired) electrons. The Hall–Kier alpha value is -2.54. The Balaban J connectivity index is 1.73. The van der Waals surface area contributed by atoms with Gasteiger partial charge in [0, 0.05) is 17.0 Å². The van der Waals surface area contributed by atoms with Crippen LogP contribution < -0.4 is 0 Å². The normalized spacial score (nSPS) is 18.6. The molecule has 6 nitrogen and oxygen atoms in total. The topological polar surface area (TPSA) is 80.7 Å². The summed E-state index contributed by atoms with van der Waals surface area (Å²) in [5.74, 6) is 1.39. The lowest BCUT2D eigenvalue weighted by Gasteiger charge is -2.26. The number of carbonyl (C=O) groups excluding carboxylic acids is 1. The molecule has 148 valence electrons. The van der Waals surface area contributed by atoms with E-state index < -0.39 is 15.9 Å². The van der Waals surface area contributed by atoms with Crippen LogP contribution in [0.4, 0.5) is 0 Å². The third kappa shape index (κ3) is 3.46. The van der Waals surface area contributed by atoms with Gasteiger partial charge in [-0.1, -0.05) is 11.6 Å². The average molecular weight is 401 g/mol. The molecule has 4 rings (SSSR count). The van der Waals surface area contributed by atoms with Gasteiger partial charge in [-0.15, -0.1) is 0 Å². The lowest BCUT2D eigenvalue weighted by molar-refractivity contribution is 0.0634. The Morgan fingerprint density at radius 3 is 2.57 bits per heavy atom. The molecule has 7 heteroatoms. The summed E-state index contributed by atoms with van der Waals surface area (Å²) in [5.41, 5.74) is 2.50. The highest BCUT2D eigenvalue weighted by Gasteiger charge is 2.37. The zero-order valence-electron chi connectivity index (χ0n) is 16.2. The van der Waals surface area contributed by atoms with E-state index in [-0.39, 0.29) is 29.7 Å². The highest BCUT2D eigenvalue weighted by Crippen LogP contribution is 2.30. The van der Waals surface area contributed by atoms with Gasteiger partial charge < -0.3 is 13.7 Å². The number of benzene rings is 1. The van der Waals surface area contributed by atoms with Gasteiger partial charge in [0.1, 0.15) is 17.1 Å². The van der Waals surface area contributed by atoms with Crippen LogP contribution in [-0.2, 0) is 16.4 Å². The van der Waals surface area contributed by atoms with E-state index in [0.717, 1.165) is 22.3 Å². The number of sulfone groups is 1. The number of rotatable bonds is 4. The SMILES string of the molecule is Cc1ccc2oc(C(=O)N(Cc3ccc(C)o3)C3CCS(=O)(=O)C3)c(C)c2c1. The van der Waals surface area contributed by atoms with E-state index in [0.29, 0.717) is 17.8 Å². The third-order valence-electron chi connectivity index (χ3n) is 5.32. The van der Waals surface area contributed by atoms with Crippen molar-refractivity contribution in [2.75, 3.05) is 11.5 Å². The summed E-state index contributed by atoms with van der Waals surface area (Å²) in [4.78, 5) is 15.0. The molecule has 1 atom stereocenters. The number of furan rings is 2. The zero-order valence-corrected chi connectivity index (χ0v) is 17.0. The number of aryl methyl sites for hydroxylation is 3. The molecular formula is C21H23NO5S. The minimum absolute atomic E-state index is 0.0309. The Kier molecular flexibility index (Phi) is 4.57. The maximum atomic E-state index is 13.4. The first-order valence-electron chi connectivity index (χ1n) is 9.30. The van der Waals surface area contributed by atoms with Gasteiger partial charge in [0.2, 0.25) is 0 Å². The molecule has 1 fully saturated rings. The molecule has 0 bridgehead atoms. The summed E-state index contributed by atoms with van der Waals surface area (Å²) < 4.78 is 35.6.